The maximum absolute atomic E-state index is 12.2. The standard InChI is InChI=1S/C19H22N2O2.ClH/c20-18(15-9-10-15)12-21-19(22)16-7-4-8-17(11-16)23-13-14-5-2-1-3-6-14;/h1-8,11,15,18H,9-10,12-13,20H2,(H,21,22);1H. The van der Waals surface area contributed by atoms with Gasteiger partial charge in [-0.25, -0.2) is 0 Å². The molecule has 0 bridgehead atoms. The quantitative estimate of drug-likeness (QED) is 0.809. The summed E-state index contributed by atoms with van der Waals surface area (Å²) in [4.78, 5) is 12.2. The number of halogens is 1. The van der Waals surface area contributed by atoms with E-state index in [1.807, 2.05) is 42.5 Å². The molecule has 1 amide bonds. The predicted octanol–water partition coefficient (Wildman–Crippen LogP) is 3.15. The molecule has 1 saturated carbocycles. The fourth-order valence-electron chi connectivity index (χ4n) is 2.47. The molecule has 2 aromatic rings. The SMILES string of the molecule is Cl.NC(CNC(=O)c1cccc(OCc2ccccc2)c1)C1CC1. The Hall–Kier alpha value is -2.04. The van der Waals surface area contributed by atoms with Gasteiger partial charge in [-0.1, -0.05) is 36.4 Å². The van der Waals surface area contributed by atoms with Crippen molar-refractivity contribution in [3.05, 3.63) is 65.7 Å². The van der Waals surface area contributed by atoms with Crippen LogP contribution in [0, 0.1) is 5.92 Å². The number of benzene rings is 2. The zero-order valence-electron chi connectivity index (χ0n) is 13.5. The van der Waals surface area contributed by atoms with E-state index in [2.05, 4.69) is 5.32 Å². The molecule has 5 heteroatoms. The van der Waals surface area contributed by atoms with E-state index >= 15 is 0 Å². The molecule has 128 valence electrons. The van der Waals surface area contributed by atoms with Crippen LogP contribution in [0.15, 0.2) is 54.6 Å². The van der Waals surface area contributed by atoms with Gasteiger partial charge in [0, 0.05) is 18.2 Å². The summed E-state index contributed by atoms with van der Waals surface area (Å²) in [5.74, 6) is 1.16. The number of nitrogens with two attached hydrogens (primary N) is 1. The van der Waals surface area contributed by atoms with Gasteiger partial charge in [-0.05, 0) is 42.5 Å². The Labute approximate surface area is 148 Å². The second kappa shape index (κ2) is 8.71. The van der Waals surface area contributed by atoms with Gasteiger partial charge in [0.2, 0.25) is 0 Å². The largest absolute Gasteiger partial charge is 0.489 e. The summed E-state index contributed by atoms with van der Waals surface area (Å²) in [5, 5.41) is 2.90. The maximum Gasteiger partial charge on any atom is 0.251 e. The number of amides is 1. The number of hydrogen-bond acceptors (Lipinski definition) is 3. The number of nitrogens with one attached hydrogen (secondary N) is 1. The molecule has 1 fully saturated rings. The number of carbonyl (C=O) groups excluding carboxylic acids is 1. The van der Waals surface area contributed by atoms with E-state index in [0.29, 0.717) is 30.4 Å². The number of hydrogen-bond donors (Lipinski definition) is 2. The lowest BCUT2D eigenvalue weighted by molar-refractivity contribution is 0.0950. The molecule has 4 nitrogen and oxygen atoms in total. The molecule has 0 heterocycles. The molecule has 24 heavy (non-hydrogen) atoms. The molecular weight excluding hydrogens is 324 g/mol. The Kier molecular flexibility index (Phi) is 6.64. The van der Waals surface area contributed by atoms with Crippen molar-refractivity contribution in [3.63, 3.8) is 0 Å². The fourth-order valence-corrected chi connectivity index (χ4v) is 2.47. The summed E-state index contributed by atoms with van der Waals surface area (Å²) in [7, 11) is 0. The summed E-state index contributed by atoms with van der Waals surface area (Å²) >= 11 is 0. The first-order valence-electron chi connectivity index (χ1n) is 8.03. The van der Waals surface area contributed by atoms with Crippen LogP contribution in [0.4, 0.5) is 0 Å². The summed E-state index contributed by atoms with van der Waals surface area (Å²) in [5.41, 5.74) is 7.70. The van der Waals surface area contributed by atoms with Gasteiger partial charge in [-0.15, -0.1) is 12.4 Å². The van der Waals surface area contributed by atoms with Crippen LogP contribution in [0.1, 0.15) is 28.8 Å². The first-order chi connectivity index (χ1) is 11.2. The predicted molar refractivity (Wildman–Crippen MR) is 97.5 cm³/mol. The Morgan fingerprint density at radius 1 is 1.17 bits per heavy atom. The number of rotatable bonds is 7. The van der Waals surface area contributed by atoms with Crippen molar-refractivity contribution in [3.8, 4) is 5.75 Å². The van der Waals surface area contributed by atoms with Gasteiger partial charge in [-0.3, -0.25) is 4.79 Å². The Morgan fingerprint density at radius 2 is 1.92 bits per heavy atom. The van der Waals surface area contributed by atoms with E-state index in [9.17, 15) is 4.79 Å². The van der Waals surface area contributed by atoms with Crippen molar-refractivity contribution in [2.24, 2.45) is 11.7 Å². The molecule has 1 unspecified atom stereocenters. The van der Waals surface area contributed by atoms with Gasteiger partial charge in [0.1, 0.15) is 12.4 Å². The van der Waals surface area contributed by atoms with Crippen LogP contribution in [0.3, 0.4) is 0 Å². The first kappa shape index (κ1) is 18.3. The highest BCUT2D eigenvalue weighted by Crippen LogP contribution is 2.31. The highest BCUT2D eigenvalue weighted by Gasteiger charge is 2.28. The molecule has 1 atom stereocenters. The third kappa shape index (κ3) is 5.25. The summed E-state index contributed by atoms with van der Waals surface area (Å²) in [6, 6.07) is 17.3. The van der Waals surface area contributed by atoms with Gasteiger partial charge in [0.15, 0.2) is 0 Å². The second-order valence-corrected chi connectivity index (χ2v) is 6.01. The van der Waals surface area contributed by atoms with E-state index in [1.165, 1.54) is 12.8 Å². The lowest BCUT2D eigenvalue weighted by atomic mass is 10.1. The van der Waals surface area contributed by atoms with Gasteiger partial charge in [0.25, 0.3) is 5.91 Å². The monoisotopic (exact) mass is 346 g/mol. The van der Waals surface area contributed by atoms with Crippen LogP contribution >= 0.6 is 12.4 Å². The van der Waals surface area contributed by atoms with Gasteiger partial charge in [0.05, 0.1) is 0 Å². The van der Waals surface area contributed by atoms with Crippen LogP contribution in [0.25, 0.3) is 0 Å². The normalized spacial score (nSPS) is 14.4. The van der Waals surface area contributed by atoms with Crippen LogP contribution in [0.2, 0.25) is 0 Å². The summed E-state index contributed by atoms with van der Waals surface area (Å²) in [6.07, 6.45) is 2.36. The van der Waals surface area contributed by atoms with Crippen LogP contribution in [-0.4, -0.2) is 18.5 Å². The minimum Gasteiger partial charge on any atom is -0.489 e. The highest BCUT2D eigenvalue weighted by molar-refractivity contribution is 5.94. The molecule has 0 radical (unpaired) electrons. The van der Waals surface area contributed by atoms with E-state index in [-0.39, 0.29) is 24.4 Å². The molecule has 1 aliphatic carbocycles. The molecule has 0 aliphatic heterocycles. The highest BCUT2D eigenvalue weighted by atomic mass is 35.5. The van der Waals surface area contributed by atoms with Crippen LogP contribution in [0.5, 0.6) is 5.75 Å². The average molecular weight is 347 g/mol. The molecular formula is C19H23ClN2O2. The Morgan fingerprint density at radius 3 is 2.62 bits per heavy atom. The molecule has 2 aromatic carbocycles. The fraction of sp³-hybridized carbons (Fsp3) is 0.316. The van der Waals surface area contributed by atoms with Crippen LogP contribution < -0.4 is 15.8 Å². The Bertz CT molecular complexity index is 659. The zero-order valence-corrected chi connectivity index (χ0v) is 14.3. The zero-order chi connectivity index (χ0) is 16.1. The van der Waals surface area contributed by atoms with Crippen molar-refractivity contribution in [1.82, 2.24) is 5.32 Å². The summed E-state index contributed by atoms with van der Waals surface area (Å²) < 4.78 is 5.75. The van der Waals surface area contributed by atoms with E-state index < -0.39 is 0 Å². The summed E-state index contributed by atoms with van der Waals surface area (Å²) in [6.45, 7) is 1.01. The average Bonchev–Trinajstić information content (AvgIpc) is 3.44. The lowest BCUT2D eigenvalue weighted by Crippen LogP contribution is -2.38. The third-order valence-electron chi connectivity index (χ3n) is 4.07. The van der Waals surface area contributed by atoms with E-state index in [1.54, 1.807) is 12.1 Å². The maximum atomic E-state index is 12.2. The van der Waals surface area contributed by atoms with Crippen LogP contribution in [-0.2, 0) is 6.61 Å². The van der Waals surface area contributed by atoms with Crippen molar-refractivity contribution in [2.45, 2.75) is 25.5 Å². The van der Waals surface area contributed by atoms with Crippen molar-refractivity contribution in [2.75, 3.05) is 6.54 Å². The Balaban J connectivity index is 0.00000208. The molecule has 3 N–H and O–H groups in total. The van der Waals surface area contributed by atoms with Crippen molar-refractivity contribution < 1.29 is 9.53 Å². The lowest BCUT2D eigenvalue weighted by Gasteiger charge is -2.12. The second-order valence-electron chi connectivity index (χ2n) is 6.01. The smallest absolute Gasteiger partial charge is 0.251 e. The van der Waals surface area contributed by atoms with Gasteiger partial charge in [-0.2, -0.15) is 0 Å². The van der Waals surface area contributed by atoms with E-state index in [0.717, 1.165) is 5.56 Å². The molecule has 3 rings (SSSR count). The van der Waals surface area contributed by atoms with E-state index in [4.69, 9.17) is 10.5 Å². The topological polar surface area (TPSA) is 64.3 Å². The molecule has 1 aliphatic rings. The first-order valence-corrected chi connectivity index (χ1v) is 8.03. The van der Waals surface area contributed by atoms with Gasteiger partial charge < -0.3 is 15.8 Å². The number of carbonyl (C=O) groups is 1. The molecule has 0 spiro atoms. The van der Waals surface area contributed by atoms with Gasteiger partial charge >= 0.3 is 0 Å². The van der Waals surface area contributed by atoms with Crippen molar-refractivity contribution in [1.29, 1.82) is 0 Å². The minimum absolute atomic E-state index is 0. The molecule has 0 aromatic heterocycles. The molecule has 0 saturated heterocycles. The third-order valence-corrected chi connectivity index (χ3v) is 4.07. The minimum atomic E-state index is -0.105. The van der Waals surface area contributed by atoms with Crippen molar-refractivity contribution >= 4 is 18.3 Å². The number of ether oxygens (including phenoxy) is 1.